The number of benzene rings is 1. The van der Waals surface area contributed by atoms with Crippen LogP contribution in [0.1, 0.15) is 24.5 Å². The van der Waals surface area contributed by atoms with Crippen LogP contribution in [0.2, 0.25) is 0 Å². The number of nitrogens with one attached hydrogen (secondary N) is 1. The zero-order valence-corrected chi connectivity index (χ0v) is 20.4. The molecule has 0 spiro atoms. The molecule has 0 unspecified atom stereocenters. The lowest BCUT2D eigenvalue weighted by atomic mass is 10.1. The topological polar surface area (TPSA) is 48.7 Å². The van der Waals surface area contributed by atoms with Gasteiger partial charge in [-0.2, -0.15) is 5.10 Å². The van der Waals surface area contributed by atoms with E-state index < -0.39 is 0 Å². The highest BCUT2D eigenvalue weighted by Crippen LogP contribution is 2.23. The molecule has 34 heavy (non-hydrogen) atoms. The standard InChI is InChI=1S/C28H34N6/c1-5-23(25-20-30-33(4)21-25)12-10-22-11-13-28(29-19-22)31-27(6-2)24-8-7-9-26(18-24)34-16-14-32(3)15-17-34/h5-10,12-13,18-21,31H,1,11,14-17H2,2-4H3/b22-10+,23-12+,27-6+. The summed E-state index contributed by atoms with van der Waals surface area (Å²) < 4.78 is 1.79. The molecule has 0 amide bonds. The maximum atomic E-state index is 4.65. The van der Waals surface area contributed by atoms with Crippen LogP contribution < -0.4 is 10.2 Å². The van der Waals surface area contributed by atoms with Crippen molar-refractivity contribution >= 4 is 23.2 Å². The Kier molecular flexibility index (Phi) is 7.60. The summed E-state index contributed by atoms with van der Waals surface area (Å²) in [5.74, 6) is 0.871. The summed E-state index contributed by atoms with van der Waals surface area (Å²) in [7, 11) is 4.10. The van der Waals surface area contributed by atoms with Crippen molar-refractivity contribution in [2.45, 2.75) is 13.3 Å². The van der Waals surface area contributed by atoms with Crippen molar-refractivity contribution in [3.8, 4) is 0 Å². The van der Waals surface area contributed by atoms with Gasteiger partial charge in [-0.1, -0.05) is 43.0 Å². The number of aromatic nitrogens is 2. The highest BCUT2D eigenvalue weighted by atomic mass is 15.2. The number of piperazine rings is 1. The Morgan fingerprint density at radius 1 is 1.12 bits per heavy atom. The molecule has 6 nitrogen and oxygen atoms in total. The number of aryl methyl sites for hydroxylation is 1. The van der Waals surface area contributed by atoms with Crippen LogP contribution in [0.3, 0.4) is 0 Å². The van der Waals surface area contributed by atoms with Gasteiger partial charge in [0.15, 0.2) is 0 Å². The SMILES string of the molecule is C=C/C(=C\C=C1\C=NC(N/C(=C/C)c2cccc(N3CCN(C)CC3)c2)=CC1)c1cnn(C)c1. The first kappa shape index (κ1) is 23.5. The quantitative estimate of drug-likeness (QED) is 0.620. The number of hydrogen-bond donors (Lipinski definition) is 1. The van der Waals surface area contributed by atoms with Gasteiger partial charge in [0, 0.05) is 62.6 Å². The first-order valence-electron chi connectivity index (χ1n) is 11.8. The van der Waals surface area contributed by atoms with Crippen molar-refractivity contribution in [1.82, 2.24) is 20.0 Å². The molecule has 0 radical (unpaired) electrons. The minimum atomic E-state index is 0.818. The highest BCUT2D eigenvalue weighted by molar-refractivity contribution is 5.83. The molecule has 2 aliphatic heterocycles. The second-order valence-electron chi connectivity index (χ2n) is 8.69. The summed E-state index contributed by atoms with van der Waals surface area (Å²) in [6, 6.07) is 8.76. The number of hydrogen-bond acceptors (Lipinski definition) is 5. The third kappa shape index (κ3) is 5.83. The van der Waals surface area contributed by atoms with Crippen molar-refractivity contribution in [1.29, 1.82) is 0 Å². The van der Waals surface area contributed by atoms with E-state index in [1.54, 1.807) is 4.68 Å². The van der Waals surface area contributed by atoms with Crippen molar-refractivity contribution < 1.29 is 0 Å². The molecule has 1 fully saturated rings. The Hall–Kier alpha value is -3.64. The van der Waals surface area contributed by atoms with Gasteiger partial charge in [0.05, 0.1) is 6.20 Å². The number of anilines is 1. The molecule has 1 N–H and O–H groups in total. The molecule has 4 rings (SSSR count). The van der Waals surface area contributed by atoms with E-state index >= 15 is 0 Å². The molecular formula is C28H34N6. The Balaban J connectivity index is 1.41. The molecule has 1 saturated heterocycles. The zero-order chi connectivity index (χ0) is 23.9. The van der Waals surface area contributed by atoms with E-state index in [9.17, 15) is 0 Å². The average molecular weight is 455 g/mol. The fraction of sp³-hybridized carbons (Fsp3) is 0.286. The predicted octanol–water partition coefficient (Wildman–Crippen LogP) is 4.63. The van der Waals surface area contributed by atoms with Gasteiger partial charge in [0.1, 0.15) is 5.82 Å². The van der Waals surface area contributed by atoms with E-state index in [1.807, 2.05) is 31.7 Å². The first-order chi connectivity index (χ1) is 16.6. The minimum absolute atomic E-state index is 0.818. The number of allylic oxidation sites excluding steroid dienone is 7. The lowest BCUT2D eigenvalue weighted by Crippen LogP contribution is -2.44. The van der Waals surface area contributed by atoms with Crippen LogP contribution in [0.4, 0.5) is 5.69 Å². The molecule has 6 heteroatoms. The van der Waals surface area contributed by atoms with Crippen LogP contribution in [-0.4, -0.2) is 54.1 Å². The van der Waals surface area contributed by atoms with E-state index in [4.69, 9.17) is 0 Å². The lowest BCUT2D eigenvalue weighted by Gasteiger charge is -2.34. The fourth-order valence-electron chi connectivity index (χ4n) is 4.10. The molecule has 0 saturated carbocycles. The number of aliphatic imine (C=N–C) groups is 1. The van der Waals surface area contributed by atoms with Gasteiger partial charge in [-0.3, -0.25) is 4.68 Å². The van der Waals surface area contributed by atoms with E-state index in [-0.39, 0.29) is 0 Å². The van der Waals surface area contributed by atoms with Gasteiger partial charge in [0.25, 0.3) is 0 Å². The smallest absolute Gasteiger partial charge is 0.126 e. The molecule has 0 aliphatic carbocycles. The van der Waals surface area contributed by atoms with Gasteiger partial charge >= 0.3 is 0 Å². The van der Waals surface area contributed by atoms with Crippen LogP contribution in [0.25, 0.3) is 11.3 Å². The lowest BCUT2D eigenvalue weighted by molar-refractivity contribution is 0.313. The Morgan fingerprint density at radius 3 is 2.59 bits per heavy atom. The number of likely N-dealkylation sites (N-methyl/N-ethyl adjacent to an activating group) is 1. The zero-order valence-electron chi connectivity index (χ0n) is 20.4. The third-order valence-electron chi connectivity index (χ3n) is 6.21. The second-order valence-corrected chi connectivity index (χ2v) is 8.69. The van der Waals surface area contributed by atoms with Crippen molar-refractivity contribution in [2.75, 3.05) is 38.1 Å². The number of rotatable bonds is 7. The van der Waals surface area contributed by atoms with Crippen LogP contribution in [0, 0.1) is 0 Å². The largest absolute Gasteiger partial charge is 0.369 e. The van der Waals surface area contributed by atoms with Crippen molar-refractivity contribution in [3.63, 3.8) is 0 Å². The molecule has 3 heterocycles. The average Bonchev–Trinajstić information content (AvgIpc) is 3.30. The van der Waals surface area contributed by atoms with E-state index in [1.165, 1.54) is 11.3 Å². The molecular weight excluding hydrogens is 420 g/mol. The van der Waals surface area contributed by atoms with Crippen LogP contribution in [0.15, 0.2) is 90.0 Å². The van der Waals surface area contributed by atoms with E-state index in [0.29, 0.717) is 0 Å². The molecule has 1 aromatic heterocycles. The fourth-order valence-corrected chi connectivity index (χ4v) is 4.10. The molecule has 0 atom stereocenters. The third-order valence-corrected chi connectivity index (χ3v) is 6.21. The van der Waals surface area contributed by atoms with Crippen molar-refractivity contribution in [3.05, 3.63) is 96.1 Å². The molecule has 2 aliphatic rings. The van der Waals surface area contributed by atoms with Crippen molar-refractivity contribution in [2.24, 2.45) is 12.0 Å². The summed E-state index contributed by atoms with van der Waals surface area (Å²) in [4.78, 5) is 9.49. The van der Waals surface area contributed by atoms with Gasteiger partial charge < -0.3 is 15.1 Å². The van der Waals surface area contributed by atoms with Crippen LogP contribution >= 0.6 is 0 Å². The van der Waals surface area contributed by atoms with E-state index in [2.05, 4.69) is 94.3 Å². The summed E-state index contributed by atoms with van der Waals surface area (Å²) >= 11 is 0. The summed E-state index contributed by atoms with van der Waals surface area (Å²) in [5.41, 5.74) is 6.75. The first-order valence-corrected chi connectivity index (χ1v) is 11.8. The predicted molar refractivity (Wildman–Crippen MR) is 144 cm³/mol. The number of nitrogens with zero attached hydrogens (tertiary/aromatic N) is 5. The summed E-state index contributed by atoms with van der Waals surface area (Å²) in [5, 5.41) is 7.75. The minimum Gasteiger partial charge on any atom is -0.369 e. The molecule has 176 valence electrons. The van der Waals surface area contributed by atoms with Crippen LogP contribution in [-0.2, 0) is 7.05 Å². The van der Waals surface area contributed by atoms with Gasteiger partial charge in [0.2, 0.25) is 0 Å². The second kappa shape index (κ2) is 11.0. The maximum absolute atomic E-state index is 4.65. The van der Waals surface area contributed by atoms with Crippen LogP contribution in [0.5, 0.6) is 0 Å². The Labute approximate surface area is 203 Å². The van der Waals surface area contributed by atoms with Gasteiger partial charge in [-0.15, -0.1) is 0 Å². The normalized spacial score (nSPS) is 18.9. The Bertz CT molecular complexity index is 1170. The molecule has 0 bridgehead atoms. The maximum Gasteiger partial charge on any atom is 0.126 e. The summed E-state index contributed by atoms with van der Waals surface area (Å²) in [6.45, 7) is 10.3. The summed E-state index contributed by atoms with van der Waals surface area (Å²) in [6.07, 6.45) is 16.8. The molecule has 2 aromatic rings. The van der Waals surface area contributed by atoms with E-state index in [0.717, 1.165) is 60.8 Å². The van der Waals surface area contributed by atoms with Gasteiger partial charge in [-0.05, 0) is 55.3 Å². The Morgan fingerprint density at radius 2 is 1.94 bits per heavy atom. The highest BCUT2D eigenvalue weighted by Gasteiger charge is 2.15. The monoisotopic (exact) mass is 454 g/mol. The van der Waals surface area contributed by atoms with Gasteiger partial charge in [-0.25, -0.2) is 4.99 Å². The molecule has 1 aromatic carbocycles.